The average molecular weight is 214 g/mol. The summed E-state index contributed by atoms with van der Waals surface area (Å²) < 4.78 is 5.33. The number of rotatable bonds is 0. The maximum Gasteiger partial charge on any atom is 0.410 e. The monoisotopic (exact) mass is 214 g/mol. The minimum atomic E-state index is -0.396. The lowest BCUT2D eigenvalue weighted by Gasteiger charge is -2.28. The fraction of sp³-hybridized carbons (Fsp3) is 0.909. The Hall–Kier alpha value is -0.770. The lowest BCUT2D eigenvalue weighted by atomic mass is 10.2. The highest BCUT2D eigenvalue weighted by molar-refractivity contribution is 5.68. The van der Waals surface area contributed by atoms with Crippen LogP contribution in [0.4, 0.5) is 4.79 Å². The predicted molar refractivity (Wildman–Crippen MR) is 59.9 cm³/mol. The molecule has 0 atom stereocenters. The van der Waals surface area contributed by atoms with Crippen molar-refractivity contribution >= 4 is 6.09 Å². The van der Waals surface area contributed by atoms with Crippen molar-refractivity contribution in [2.24, 2.45) is 0 Å². The van der Waals surface area contributed by atoms with Gasteiger partial charge in [0, 0.05) is 19.6 Å². The van der Waals surface area contributed by atoms with Crippen LogP contribution in [-0.2, 0) is 4.74 Å². The maximum atomic E-state index is 11.8. The van der Waals surface area contributed by atoms with Crippen LogP contribution in [0.3, 0.4) is 0 Å². The molecular weight excluding hydrogens is 192 g/mol. The van der Waals surface area contributed by atoms with Gasteiger partial charge in [-0.25, -0.2) is 4.79 Å². The predicted octanol–water partition coefficient (Wildman–Crippen LogP) is 1.61. The number of hydrogen-bond acceptors (Lipinski definition) is 3. The van der Waals surface area contributed by atoms with E-state index >= 15 is 0 Å². The number of nitrogens with one attached hydrogen (secondary N) is 1. The minimum absolute atomic E-state index is 0.189. The summed E-state index contributed by atoms with van der Waals surface area (Å²) in [5, 5.41) is 3.29. The first-order chi connectivity index (χ1) is 6.99. The van der Waals surface area contributed by atoms with Gasteiger partial charge in [0.15, 0.2) is 0 Å². The first-order valence-corrected chi connectivity index (χ1v) is 5.68. The van der Waals surface area contributed by atoms with Gasteiger partial charge in [0.1, 0.15) is 5.60 Å². The Kier molecular flexibility index (Phi) is 4.39. The van der Waals surface area contributed by atoms with Gasteiger partial charge in [0.05, 0.1) is 0 Å². The second-order valence-corrected chi connectivity index (χ2v) is 4.92. The van der Waals surface area contributed by atoms with E-state index in [1.807, 2.05) is 20.8 Å². The summed E-state index contributed by atoms with van der Waals surface area (Å²) in [5.74, 6) is 0. The molecular formula is C11H22N2O2. The molecule has 1 amide bonds. The third-order valence-electron chi connectivity index (χ3n) is 2.24. The Morgan fingerprint density at radius 2 is 1.93 bits per heavy atom. The van der Waals surface area contributed by atoms with E-state index in [2.05, 4.69) is 5.32 Å². The van der Waals surface area contributed by atoms with E-state index < -0.39 is 5.60 Å². The zero-order chi connectivity index (χ0) is 11.3. The molecule has 0 aromatic carbocycles. The van der Waals surface area contributed by atoms with Crippen LogP contribution in [0.15, 0.2) is 0 Å². The lowest BCUT2D eigenvalue weighted by Crippen LogP contribution is -2.42. The molecule has 88 valence electrons. The number of carbonyl (C=O) groups is 1. The number of amides is 1. The van der Waals surface area contributed by atoms with Gasteiger partial charge >= 0.3 is 6.09 Å². The van der Waals surface area contributed by atoms with Gasteiger partial charge in [-0.15, -0.1) is 0 Å². The lowest BCUT2D eigenvalue weighted by molar-refractivity contribution is 0.0242. The van der Waals surface area contributed by atoms with E-state index in [1.54, 1.807) is 4.90 Å². The molecule has 1 heterocycles. The van der Waals surface area contributed by atoms with Gasteiger partial charge in [0.25, 0.3) is 0 Å². The number of hydrogen-bond donors (Lipinski definition) is 1. The summed E-state index contributed by atoms with van der Waals surface area (Å²) in [6.07, 6.45) is 1.98. The van der Waals surface area contributed by atoms with E-state index in [9.17, 15) is 4.79 Å². The molecule has 0 saturated carbocycles. The highest BCUT2D eigenvalue weighted by Crippen LogP contribution is 2.10. The van der Waals surface area contributed by atoms with Crippen LogP contribution < -0.4 is 5.32 Å². The van der Waals surface area contributed by atoms with Gasteiger partial charge in [0.2, 0.25) is 0 Å². The molecule has 4 nitrogen and oxygen atoms in total. The second-order valence-electron chi connectivity index (χ2n) is 4.92. The summed E-state index contributed by atoms with van der Waals surface area (Å²) in [4.78, 5) is 13.5. The van der Waals surface area contributed by atoms with Gasteiger partial charge in [-0.05, 0) is 40.2 Å². The molecule has 0 bridgehead atoms. The van der Waals surface area contributed by atoms with E-state index in [0.29, 0.717) is 0 Å². The molecule has 0 aromatic rings. The molecule has 1 saturated heterocycles. The van der Waals surface area contributed by atoms with Crippen LogP contribution in [-0.4, -0.2) is 42.8 Å². The van der Waals surface area contributed by atoms with E-state index in [4.69, 9.17) is 4.74 Å². The third kappa shape index (κ3) is 5.02. The van der Waals surface area contributed by atoms with Crippen molar-refractivity contribution in [1.29, 1.82) is 0 Å². The minimum Gasteiger partial charge on any atom is -0.444 e. The molecule has 0 unspecified atom stereocenters. The molecule has 1 rings (SSSR count). The van der Waals surface area contributed by atoms with Crippen LogP contribution in [0.1, 0.15) is 33.6 Å². The molecule has 1 fully saturated rings. The Morgan fingerprint density at radius 1 is 1.20 bits per heavy atom. The average Bonchev–Trinajstić information content (AvgIpc) is 1.98. The normalized spacial score (nSPS) is 19.3. The first-order valence-electron chi connectivity index (χ1n) is 5.68. The molecule has 1 aliphatic heterocycles. The fourth-order valence-electron chi connectivity index (χ4n) is 1.51. The molecule has 4 heteroatoms. The summed E-state index contributed by atoms with van der Waals surface area (Å²) in [6, 6.07) is 0. The Morgan fingerprint density at radius 3 is 2.60 bits per heavy atom. The molecule has 0 radical (unpaired) electrons. The zero-order valence-corrected chi connectivity index (χ0v) is 10.0. The van der Waals surface area contributed by atoms with Crippen molar-refractivity contribution in [3.05, 3.63) is 0 Å². The third-order valence-corrected chi connectivity index (χ3v) is 2.24. The summed E-state index contributed by atoms with van der Waals surface area (Å²) in [5.41, 5.74) is -0.396. The number of nitrogens with zero attached hydrogens (tertiary/aromatic N) is 1. The van der Waals surface area contributed by atoms with Gasteiger partial charge in [-0.3, -0.25) is 0 Å². The molecule has 0 aliphatic carbocycles. The fourth-order valence-corrected chi connectivity index (χ4v) is 1.51. The van der Waals surface area contributed by atoms with Gasteiger partial charge in [-0.1, -0.05) is 0 Å². The summed E-state index contributed by atoms with van der Waals surface area (Å²) in [7, 11) is 0. The van der Waals surface area contributed by atoms with E-state index in [-0.39, 0.29) is 6.09 Å². The van der Waals surface area contributed by atoms with Crippen LogP contribution in [0.25, 0.3) is 0 Å². The van der Waals surface area contributed by atoms with Crippen LogP contribution in [0.5, 0.6) is 0 Å². The van der Waals surface area contributed by atoms with Crippen LogP contribution in [0, 0.1) is 0 Å². The van der Waals surface area contributed by atoms with Crippen molar-refractivity contribution in [3.8, 4) is 0 Å². The topological polar surface area (TPSA) is 41.6 Å². The standard InChI is InChI=1S/C11H22N2O2/c1-11(2,3)15-10(14)13-8-5-4-6-12-7-9-13/h12H,4-9H2,1-3H3. The second kappa shape index (κ2) is 5.35. The first kappa shape index (κ1) is 12.3. The number of carbonyl (C=O) groups excluding carboxylic acids is 1. The maximum absolute atomic E-state index is 11.8. The summed E-state index contributed by atoms with van der Waals surface area (Å²) >= 11 is 0. The SMILES string of the molecule is CC(C)(C)OC(=O)N1CCCCNCC1. The summed E-state index contributed by atoms with van der Waals surface area (Å²) in [6.45, 7) is 9.17. The Balaban J connectivity index is 2.42. The van der Waals surface area contributed by atoms with Crippen LogP contribution >= 0.6 is 0 Å². The molecule has 1 aliphatic rings. The van der Waals surface area contributed by atoms with Crippen molar-refractivity contribution in [2.75, 3.05) is 26.2 Å². The Bertz CT molecular complexity index is 203. The van der Waals surface area contributed by atoms with Crippen molar-refractivity contribution in [2.45, 2.75) is 39.2 Å². The van der Waals surface area contributed by atoms with Gasteiger partial charge in [-0.2, -0.15) is 0 Å². The molecule has 0 spiro atoms. The van der Waals surface area contributed by atoms with E-state index in [0.717, 1.165) is 39.0 Å². The molecule has 0 aromatic heterocycles. The van der Waals surface area contributed by atoms with Crippen molar-refractivity contribution in [1.82, 2.24) is 10.2 Å². The number of ether oxygens (including phenoxy) is 1. The molecule has 15 heavy (non-hydrogen) atoms. The van der Waals surface area contributed by atoms with Crippen LogP contribution in [0.2, 0.25) is 0 Å². The van der Waals surface area contributed by atoms with Crippen molar-refractivity contribution < 1.29 is 9.53 Å². The smallest absolute Gasteiger partial charge is 0.410 e. The van der Waals surface area contributed by atoms with Gasteiger partial charge < -0.3 is 15.0 Å². The quantitative estimate of drug-likeness (QED) is 0.666. The Labute approximate surface area is 92.0 Å². The highest BCUT2D eigenvalue weighted by Gasteiger charge is 2.21. The van der Waals surface area contributed by atoms with Crippen molar-refractivity contribution in [3.63, 3.8) is 0 Å². The van der Waals surface area contributed by atoms with E-state index in [1.165, 1.54) is 0 Å². The molecule has 1 N–H and O–H groups in total. The highest BCUT2D eigenvalue weighted by atomic mass is 16.6. The largest absolute Gasteiger partial charge is 0.444 e. The zero-order valence-electron chi connectivity index (χ0n) is 10.0.